The number of benzene rings is 1. The van der Waals surface area contributed by atoms with Gasteiger partial charge >= 0.3 is 12.0 Å². The minimum atomic E-state index is -0.792. The fraction of sp³-hybridized carbons (Fsp3) is 0.286. The van der Waals surface area contributed by atoms with E-state index in [1.165, 1.54) is 6.26 Å². The Morgan fingerprint density at radius 3 is 2.83 bits per heavy atom. The lowest BCUT2D eigenvalue weighted by atomic mass is 10.0. The molecule has 0 spiro atoms. The number of Topliss-reactive ketones (excluding diaryl/α,β-unsaturated/α-hetero) is 1. The molecule has 1 aromatic heterocycles. The van der Waals surface area contributed by atoms with E-state index >= 15 is 0 Å². The van der Waals surface area contributed by atoms with Gasteiger partial charge in [0, 0.05) is 17.5 Å². The maximum Gasteiger partial charge on any atom is 0.338 e. The number of hydrogen-bond donors (Lipinski definition) is 2. The molecule has 1 aliphatic heterocycles. The Morgan fingerprint density at radius 2 is 2.07 bits per heavy atom. The molecule has 1 atom stereocenters. The van der Waals surface area contributed by atoms with Crippen LogP contribution in [0.1, 0.15) is 41.1 Å². The summed E-state index contributed by atoms with van der Waals surface area (Å²) in [7, 11) is 0. The summed E-state index contributed by atoms with van der Waals surface area (Å²) in [6.07, 6.45) is 2.53. The highest BCUT2D eigenvalue weighted by molar-refractivity contribution is 6.01. The summed E-state index contributed by atoms with van der Waals surface area (Å²) in [5.74, 6) is 0.483. The molecule has 8 nitrogen and oxygen atoms in total. The SMILES string of the molecule is CCOC(=O)C1=C(COc2cccc3c2CCC3=O)NC(=O)NC1c1ccco1. The average Bonchev–Trinajstić information content (AvgIpc) is 3.37. The van der Waals surface area contributed by atoms with E-state index in [2.05, 4.69) is 10.6 Å². The molecule has 2 aliphatic rings. The number of furan rings is 1. The predicted molar refractivity (Wildman–Crippen MR) is 101 cm³/mol. The summed E-state index contributed by atoms with van der Waals surface area (Å²) in [6.45, 7) is 1.82. The molecule has 2 heterocycles. The van der Waals surface area contributed by atoms with E-state index in [1.54, 1.807) is 37.3 Å². The molecule has 2 N–H and O–H groups in total. The van der Waals surface area contributed by atoms with Crippen LogP contribution in [0.2, 0.25) is 0 Å². The number of esters is 1. The summed E-state index contributed by atoms with van der Waals surface area (Å²) in [6, 6.07) is 7.38. The third-order valence-corrected chi connectivity index (χ3v) is 4.88. The summed E-state index contributed by atoms with van der Waals surface area (Å²) in [4.78, 5) is 36.8. The van der Waals surface area contributed by atoms with Gasteiger partial charge < -0.3 is 24.5 Å². The van der Waals surface area contributed by atoms with Crippen LogP contribution in [0.15, 0.2) is 52.3 Å². The van der Waals surface area contributed by atoms with Gasteiger partial charge in [-0.25, -0.2) is 9.59 Å². The van der Waals surface area contributed by atoms with E-state index in [4.69, 9.17) is 13.9 Å². The second kappa shape index (κ2) is 7.83. The van der Waals surface area contributed by atoms with Gasteiger partial charge in [0.1, 0.15) is 24.2 Å². The molecule has 0 bridgehead atoms. The van der Waals surface area contributed by atoms with Gasteiger partial charge in [-0.15, -0.1) is 0 Å². The maximum atomic E-state index is 12.6. The lowest BCUT2D eigenvalue weighted by Crippen LogP contribution is -2.47. The fourth-order valence-corrected chi connectivity index (χ4v) is 3.59. The van der Waals surface area contributed by atoms with Crippen molar-refractivity contribution in [2.45, 2.75) is 25.8 Å². The van der Waals surface area contributed by atoms with Crippen molar-refractivity contribution >= 4 is 17.8 Å². The van der Waals surface area contributed by atoms with E-state index in [9.17, 15) is 14.4 Å². The van der Waals surface area contributed by atoms with Crippen LogP contribution >= 0.6 is 0 Å². The van der Waals surface area contributed by atoms with Gasteiger partial charge in [-0.2, -0.15) is 0 Å². The first-order chi connectivity index (χ1) is 14.1. The Labute approximate surface area is 166 Å². The van der Waals surface area contributed by atoms with Crippen molar-refractivity contribution in [3.63, 3.8) is 0 Å². The quantitative estimate of drug-likeness (QED) is 0.727. The van der Waals surface area contributed by atoms with E-state index in [-0.39, 0.29) is 30.3 Å². The highest BCUT2D eigenvalue weighted by Gasteiger charge is 2.35. The molecule has 8 heteroatoms. The number of carbonyl (C=O) groups is 3. The first-order valence-electron chi connectivity index (χ1n) is 9.37. The minimum Gasteiger partial charge on any atom is -0.487 e. The van der Waals surface area contributed by atoms with Crippen LogP contribution in [-0.2, 0) is 16.0 Å². The van der Waals surface area contributed by atoms with Crippen molar-refractivity contribution in [3.8, 4) is 5.75 Å². The van der Waals surface area contributed by atoms with Gasteiger partial charge in [-0.05, 0) is 31.5 Å². The van der Waals surface area contributed by atoms with E-state index in [0.29, 0.717) is 29.9 Å². The third kappa shape index (κ3) is 3.61. The summed E-state index contributed by atoms with van der Waals surface area (Å²) in [5, 5.41) is 5.32. The Balaban J connectivity index is 1.67. The van der Waals surface area contributed by atoms with Gasteiger partial charge in [-0.3, -0.25) is 4.79 Å². The number of ether oxygens (including phenoxy) is 2. The van der Waals surface area contributed by atoms with Gasteiger partial charge in [0.2, 0.25) is 0 Å². The van der Waals surface area contributed by atoms with Gasteiger partial charge in [0.25, 0.3) is 0 Å². The van der Waals surface area contributed by atoms with Crippen molar-refractivity contribution in [2.24, 2.45) is 0 Å². The van der Waals surface area contributed by atoms with Crippen LogP contribution in [0.5, 0.6) is 5.75 Å². The molecule has 1 aliphatic carbocycles. The first-order valence-corrected chi connectivity index (χ1v) is 9.37. The zero-order chi connectivity index (χ0) is 20.4. The molecule has 4 rings (SSSR count). The summed E-state index contributed by atoms with van der Waals surface area (Å²) < 4.78 is 16.5. The number of ketones is 1. The molecule has 0 radical (unpaired) electrons. The average molecular weight is 396 g/mol. The van der Waals surface area contributed by atoms with Crippen LogP contribution in [-0.4, -0.2) is 31.0 Å². The zero-order valence-corrected chi connectivity index (χ0v) is 15.8. The summed E-state index contributed by atoms with van der Waals surface area (Å²) in [5.41, 5.74) is 2.00. The molecular formula is C21H20N2O6. The van der Waals surface area contributed by atoms with E-state index < -0.39 is 18.0 Å². The number of fused-ring (bicyclic) bond motifs is 1. The maximum absolute atomic E-state index is 12.6. The van der Waals surface area contributed by atoms with Crippen LogP contribution < -0.4 is 15.4 Å². The minimum absolute atomic E-state index is 0.0661. The van der Waals surface area contributed by atoms with Crippen LogP contribution in [0, 0.1) is 0 Å². The van der Waals surface area contributed by atoms with Crippen molar-refractivity contribution in [1.82, 2.24) is 10.6 Å². The van der Waals surface area contributed by atoms with E-state index in [1.807, 2.05) is 0 Å². The number of nitrogens with one attached hydrogen (secondary N) is 2. The van der Waals surface area contributed by atoms with E-state index in [0.717, 1.165) is 5.56 Å². The van der Waals surface area contributed by atoms with Gasteiger partial charge in [0.15, 0.2) is 5.78 Å². The molecule has 0 fully saturated rings. The molecular weight excluding hydrogens is 376 g/mol. The fourth-order valence-electron chi connectivity index (χ4n) is 3.59. The number of rotatable bonds is 6. The predicted octanol–water partition coefficient (Wildman–Crippen LogP) is 2.66. The molecule has 1 unspecified atom stereocenters. The molecule has 1 aromatic carbocycles. The Bertz CT molecular complexity index is 993. The summed E-state index contributed by atoms with van der Waals surface area (Å²) >= 11 is 0. The van der Waals surface area contributed by atoms with Gasteiger partial charge in [0.05, 0.1) is 24.1 Å². The largest absolute Gasteiger partial charge is 0.487 e. The molecule has 0 saturated heterocycles. The third-order valence-electron chi connectivity index (χ3n) is 4.88. The van der Waals surface area contributed by atoms with Crippen molar-refractivity contribution in [2.75, 3.05) is 13.2 Å². The highest BCUT2D eigenvalue weighted by Crippen LogP contribution is 2.32. The zero-order valence-electron chi connectivity index (χ0n) is 15.8. The van der Waals surface area contributed by atoms with Crippen LogP contribution in [0.25, 0.3) is 0 Å². The molecule has 0 saturated carbocycles. The Morgan fingerprint density at radius 1 is 1.21 bits per heavy atom. The number of amides is 2. The van der Waals surface area contributed by atoms with Crippen LogP contribution in [0.3, 0.4) is 0 Å². The molecule has 2 aromatic rings. The number of hydrogen-bond acceptors (Lipinski definition) is 6. The highest BCUT2D eigenvalue weighted by atomic mass is 16.5. The van der Waals surface area contributed by atoms with Crippen molar-refractivity contribution in [1.29, 1.82) is 0 Å². The standard InChI is InChI=1S/C21H20N2O6/c1-2-27-20(25)18-14(22-21(26)23-19(18)17-7-4-10-28-17)11-29-16-6-3-5-12-13(16)8-9-15(12)24/h3-7,10,19H,2,8-9,11H2,1H3,(H2,22,23,26). The monoisotopic (exact) mass is 396 g/mol. The van der Waals surface area contributed by atoms with Crippen molar-refractivity contribution in [3.05, 3.63) is 64.8 Å². The Kier molecular flexibility index (Phi) is 5.07. The number of urea groups is 1. The van der Waals surface area contributed by atoms with Gasteiger partial charge in [-0.1, -0.05) is 12.1 Å². The molecule has 29 heavy (non-hydrogen) atoms. The molecule has 2 amide bonds. The first kappa shape index (κ1) is 18.8. The van der Waals surface area contributed by atoms with Crippen LogP contribution in [0.4, 0.5) is 4.79 Å². The lowest BCUT2D eigenvalue weighted by molar-refractivity contribution is -0.139. The lowest BCUT2D eigenvalue weighted by Gasteiger charge is -2.28. The van der Waals surface area contributed by atoms with Crippen molar-refractivity contribution < 1.29 is 28.3 Å². The Hall–Kier alpha value is -3.55. The second-order valence-corrected chi connectivity index (χ2v) is 6.65. The smallest absolute Gasteiger partial charge is 0.338 e. The second-order valence-electron chi connectivity index (χ2n) is 6.65. The molecule has 150 valence electrons. The topological polar surface area (TPSA) is 107 Å². The number of carbonyl (C=O) groups excluding carboxylic acids is 3. The normalized spacial score (nSPS) is 18.2.